The van der Waals surface area contributed by atoms with Crippen LogP contribution >= 0.6 is 23.4 Å². The van der Waals surface area contributed by atoms with Crippen LogP contribution < -0.4 is 5.32 Å². The summed E-state index contributed by atoms with van der Waals surface area (Å²) >= 11 is 7.34. The molecule has 2 aromatic rings. The summed E-state index contributed by atoms with van der Waals surface area (Å²) in [6.07, 6.45) is 3.29. The van der Waals surface area contributed by atoms with Crippen molar-refractivity contribution in [2.75, 3.05) is 5.75 Å². The second kappa shape index (κ2) is 5.60. The van der Waals surface area contributed by atoms with Gasteiger partial charge < -0.3 is 5.32 Å². The van der Waals surface area contributed by atoms with Crippen LogP contribution in [0.3, 0.4) is 0 Å². The van der Waals surface area contributed by atoms with Gasteiger partial charge in [-0.15, -0.1) is 5.10 Å². The van der Waals surface area contributed by atoms with Gasteiger partial charge in [-0.25, -0.2) is 4.98 Å². The molecule has 0 unspecified atom stereocenters. The van der Waals surface area contributed by atoms with Crippen molar-refractivity contribution >= 4 is 51.4 Å². The highest BCUT2D eigenvalue weighted by Gasteiger charge is 2.15. The van der Waals surface area contributed by atoms with E-state index in [0.29, 0.717) is 16.1 Å². The molecule has 2 heterocycles. The summed E-state index contributed by atoms with van der Waals surface area (Å²) in [4.78, 5) is 15.0. The van der Waals surface area contributed by atoms with Gasteiger partial charge in [-0.05, 0) is 23.1 Å². The number of rotatable bonds is 2. The van der Waals surface area contributed by atoms with E-state index in [0.717, 1.165) is 16.3 Å². The zero-order chi connectivity index (χ0) is 13.9. The molecule has 0 spiro atoms. The van der Waals surface area contributed by atoms with Gasteiger partial charge in [0.25, 0.3) is 0 Å². The zero-order valence-electron chi connectivity index (χ0n) is 10.2. The van der Waals surface area contributed by atoms with Crippen molar-refractivity contribution in [1.82, 2.24) is 10.3 Å². The van der Waals surface area contributed by atoms with Crippen molar-refractivity contribution in [3.8, 4) is 0 Å². The number of hydrogen-bond donors (Lipinski definition) is 1. The summed E-state index contributed by atoms with van der Waals surface area (Å²) in [5, 5.41) is 13.4. The van der Waals surface area contributed by atoms with Crippen LogP contribution in [0.15, 0.2) is 40.7 Å². The maximum Gasteiger partial charge on any atom is 0.236 e. The molecular formula is C13H9ClN4OS. The predicted molar refractivity (Wildman–Crippen MR) is 82.4 cm³/mol. The van der Waals surface area contributed by atoms with Crippen LogP contribution in [0.2, 0.25) is 5.15 Å². The van der Waals surface area contributed by atoms with Crippen LogP contribution in [0, 0.1) is 0 Å². The van der Waals surface area contributed by atoms with E-state index in [2.05, 4.69) is 20.5 Å². The Balaban J connectivity index is 1.83. The van der Waals surface area contributed by atoms with Gasteiger partial charge in [-0.3, -0.25) is 4.79 Å². The predicted octanol–water partition coefficient (Wildman–Crippen LogP) is 2.44. The molecule has 1 amide bonds. The normalized spacial score (nSPS) is 17.2. The molecule has 1 aliphatic heterocycles. The molecule has 7 heteroatoms. The number of carbonyl (C=O) groups excluding carboxylic acids is 1. The zero-order valence-corrected chi connectivity index (χ0v) is 11.8. The monoisotopic (exact) mass is 304 g/mol. The molecule has 1 saturated heterocycles. The number of amides is 1. The molecule has 0 saturated carbocycles. The van der Waals surface area contributed by atoms with Crippen LogP contribution in [-0.4, -0.2) is 28.0 Å². The van der Waals surface area contributed by atoms with Gasteiger partial charge in [-0.2, -0.15) is 5.10 Å². The lowest BCUT2D eigenvalue weighted by Crippen LogP contribution is -2.19. The average molecular weight is 305 g/mol. The molecule has 1 aliphatic rings. The number of hydrogen-bond acceptors (Lipinski definition) is 5. The molecule has 1 fully saturated rings. The third kappa shape index (κ3) is 2.81. The first-order valence-corrected chi connectivity index (χ1v) is 7.17. The standard InChI is InChI=1S/C13H9ClN4OS/c14-12-10-2-1-8(5-9(10)3-4-15-12)6-16-18-13-17-11(19)7-20-13/h1-6H,7H2,(H,17,18,19). The minimum absolute atomic E-state index is 0.0446. The average Bonchev–Trinajstić information content (AvgIpc) is 2.85. The fourth-order valence-corrected chi connectivity index (χ4v) is 2.63. The van der Waals surface area contributed by atoms with Gasteiger partial charge in [0.1, 0.15) is 5.15 Å². The SMILES string of the molecule is O=C1CSC(=NN=Cc2ccc3c(Cl)nccc3c2)N1. The number of pyridine rings is 1. The first-order chi connectivity index (χ1) is 9.72. The topological polar surface area (TPSA) is 66.7 Å². The summed E-state index contributed by atoms with van der Waals surface area (Å²) in [5.74, 6) is 0.354. The fourth-order valence-electron chi connectivity index (χ4n) is 1.77. The molecule has 0 radical (unpaired) electrons. The Labute approximate surface area is 124 Å². The lowest BCUT2D eigenvalue weighted by atomic mass is 10.1. The van der Waals surface area contributed by atoms with Crippen LogP contribution in [-0.2, 0) is 4.79 Å². The van der Waals surface area contributed by atoms with Gasteiger partial charge in [0.15, 0.2) is 5.17 Å². The van der Waals surface area contributed by atoms with Gasteiger partial charge in [0.05, 0.1) is 12.0 Å². The summed E-state index contributed by atoms with van der Waals surface area (Å²) in [6, 6.07) is 7.62. The van der Waals surface area contributed by atoms with Gasteiger partial charge >= 0.3 is 0 Å². The molecular weight excluding hydrogens is 296 g/mol. The maximum atomic E-state index is 11.0. The van der Waals surface area contributed by atoms with Crippen molar-refractivity contribution in [1.29, 1.82) is 0 Å². The molecule has 0 aliphatic carbocycles. The fraction of sp³-hybridized carbons (Fsp3) is 0.0769. The molecule has 5 nitrogen and oxygen atoms in total. The maximum absolute atomic E-state index is 11.0. The van der Waals surface area contributed by atoms with Crippen molar-refractivity contribution in [2.45, 2.75) is 0 Å². The number of halogens is 1. The second-order valence-electron chi connectivity index (χ2n) is 4.07. The van der Waals surface area contributed by atoms with Gasteiger partial charge in [0.2, 0.25) is 5.91 Å². The molecule has 20 heavy (non-hydrogen) atoms. The molecule has 1 aromatic carbocycles. The van der Waals surface area contributed by atoms with Gasteiger partial charge in [0, 0.05) is 11.6 Å². The third-order valence-electron chi connectivity index (χ3n) is 2.68. The van der Waals surface area contributed by atoms with Crippen molar-refractivity contribution in [3.63, 3.8) is 0 Å². The third-order valence-corrected chi connectivity index (χ3v) is 3.85. The largest absolute Gasteiger partial charge is 0.303 e. The highest BCUT2D eigenvalue weighted by molar-refractivity contribution is 8.15. The summed E-state index contributed by atoms with van der Waals surface area (Å²) in [7, 11) is 0. The van der Waals surface area contributed by atoms with Crippen LogP contribution in [0.1, 0.15) is 5.56 Å². The van der Waals surface area contributed by atoms with Crippen LogP contribution in [0.5, 0.6) is 0 Å². The van der Waals surface area contributed by atoms with Gasteiger partial charge in [-0.1, -0.05) is 35.5 Å². The van der Waals surface area contributed by atoms with E-state index in [1.54, 1.807) is 12.4 Å². The van der Waals surface area contributed by atoms with Crippen molar-refractivity contribution in [3.05, 3.63) is 41.2 Å². The summed E-state index contributed by atoms with van der Waals surface area (Å²) < 4.78 is 0. The molecule has 100 valence electrons. The van der Waals surface area contributed by atoms with E-state index in [1.807, 2.05) is 24.3 Å². The number of nitrogens with zero attached hydrogens (tertiary/aromatic N) is 3. The number of fused-ring (bicyclic) bond motifs is 1. The Hall–Kier alpha value is -1.92. The van der Waals surface area contributed by atoms with Crippen LogP contribution in [0.4, 0.5) is 0 Å². The van der Waals surface area contributed by atoms with E-state index >= 15 is 0 Å². The Morgan fingerprint density at radius 3 is 3.10 bits per heavy atom. The van der Waals surface area contributed by atoms with Crippen molar-refractivity contribution in [2.24, 2.45) is 10.2 Å². The smallest absolute Gasteiger partial charge is 0.236 e. The highest BCUT2D eigenvalue weighted by Crippen LogP contribution is 2.21. The van der Waals surface area contributed by atoms with E-state index in [1.165, 1.54) is 11.8 Å². The number of amidine groups is 1. The number of carbonyl (C=O) groups is 1. The Bertz CT molecular complexity index is 744. The number of nitrogens with one attached hydrogen (secondary N) is 1. The molecule has 1 aromatic heterocycles. The lowest BCUT2D eigenvalue weighted by molar-refractivity contribution is -0.116. The molecule has 0 bridgehead atoms. The Kier molecular flexibility index (Phi) is 3.66. The van der Waals surface area contributed by atoms with E-state index in [4.69, 9.17) is 11.6 Å². The Morgan fingerprint density at radius 1 is 1.40 bits per heavy atom. The minimum Gasteiger partial charge on any atom is -0.303 e. The first kappa shape index (κ1) is 13.1. The summed E-state index contributed by atoms with van der Waals surface area (Å²) in [5.41, 5.74) is 0.901. The van der Waals surface area contributed by atoms with E-state index in [9.17, 15) is 4.79 Å². The summed E-state index contributed by atoms with van der Waals surface area (Å²) in [6.45, 7) is 0. The minimum atomic E-state index is -0.0446. The highest BCUT2D eigenvalue weighted by atomic mass is 35.5. The van der Waals surface area contributed by atoms with E-state index in [-0.39, 0.29) is 5.91 Å². The Morgan fingerprint density at radius 2 is 2.30 bits per heavy atom. The lowest BCUT2D eigenvalue weighted by Gasteiger charge is -2.00. The quantitative estimate of drug-likeness (QED) is 0.526. The van der Waals surface area contributed by atoms with E-state index < -0.39 is 0 Å². The number of thioether (sulfide) groups is 1. The number of benzene rings is 1. The van der Waals surface area contributed by atoms with Crippen LogP contribution in [0.25, 0.3) is 10.8 Å². The molecule has 3 rings (SSSR count). The number of aromatic nitrogens is 1. The molecule has 0 atom stereocenters. The molecule has 1 N–H and O–H groups in total. The first-order valence-electron chi connectivity index (χ1n) is 5.80. The van der Waals surface area contributed by atoms with Crippen molar-refractivity contribution < 1.29 is 4.79 Å². The second-order valence-corrected chi connectivity index (χ2v) is 5.39.